The van der Waals surface area contributed by atoms with Crippen LogP contribution in [0.5, 0.6) is 0 Å². The van der Waals surface area contributed by atoms with E-state index >= 15 is 0 Å². The van der Waals surface area contributed by atoms with Gasteiger partial charge in [-0.25, -0.2) is 9.59 Å². The van der Waals surface area contributed by atoms with Crippen LogP contribution >= 0.6 is 0 Å². The van der Waals surface area contributed by atoms with Crippen LogP contribution in [0.2, 0.25) is 0 Å². The Morgan fingerprint density at radius 1 is 1.04 bits per heavy atom. The van der Waals surface area contributed by atoms with Crippen molar-refractivity contribution < 1.29 is 19.4 Å². The summed E-state index contributed by atoms with van der Waals surface area (Å²) < 4.78 is 5.62. The van der Waals surface area contributed by atoms with E-state index in [9.17, 15) is 14.7 Å². The Labute approximate surface area is 159 Å². The average Bonchev–Trinajstić information content (AvgIpc) is 2.93. The number of hydrogen-bond donors (Lipinski definition) is 1. The number of carbonyl (C=O) groups is 2. The number of fused-ring (bicyclic) bond motifs is 3. The number of carbonyl (C=O) groups excluding carboxylic acids is 1. The number of amides is 1. The molecule has 0 bridgehead atoms. The monoisotopic (exact) mass is 367 g/mol. The molecule has 0 aromatic heterocycles. The van der Waals surface area contributed by atoms with E-state index < -0.39 is 17.6 Å². The third-order valence-electron chi connectivity index (χ3n) is 5.17. The van der Waals surface area contributed by atoms with E-state index in [1.165, 1.54) is 18.7 Å². The maximum absolute atomic E-state index is 12.8. The van der Waals surface area contributed by atoms with Gasteiger partial charge in [0.2, 0.25) is 0 Å². The van der Waals surface area contributed by atoms with Crippen molar-refractivity contribution in [3.63, 3.8) is 0 Å². The first-order valence-electron chi connectivity index (χ1n) is 9.13. The third-order valence-corrected chi connectivity index (χ3v) is 5.17. The van der Waals surface area contributed by atoms with Crippen molar-refractivity contribution in [2.75, 3.05) is 6.61 Å². The molecule has 2 aromatic rings. The molecular weight excluding hydrogens is 342 g/mol. The number of hydrogen-bond acceptors (Lipinski definition) is 3. The minimum absolute atomic E-state index is 0.0525. The second-order valence-electron chi connectivity index (χ2n) is 7.63. The summed E-state index contributed by atoms with van der Waals surface area (Å²) in [6, 6.07) is 15.9. The summed E-state index contributed by atoms with van der Waals surface area (Å²) in [5.41, 5.74) is 3.21. The Kier molecular flexibility index (Phi) is 4.96. The summed E-state index contributed by atoms with van der Waals surface area (Å²) >= 11 is 0. The van der Waals surface area contributed by atoms with Gasteiger partial charge in [-0.1, -0.05) is 48.5 Å². The van der Waals surface area contributed by atoms with Crippen LogP contribution in [0.3, 0.4) is 0 Å². The predicted molar refractivity (Wildman–Crippen MR) is 104 cm³/mol. The average molecular weight is 367 g/mol. The molecule has 1 amide bonds. The third kappa shape index (κ3) is 3.29. The molecule has 5 nitrogen and oxygen atoms in total. The number of carboxylic acids is 1. The molecule has 0 fully saturated rings. The first-order chi connectivity index (χ1) is 12.7. The van der Waals surface area contributed by atoms with Crippen LogP contribution in [0.25, 0.3) is 11.1 Å². The topological polar surface area (TPSA) is 66.8 Å². The highest BCUT2D eigenvalue weighted by Crippen LogP contribution is 2.44. The van der Waals surface area contributed by atoms with Crippen molar-refractivity contribution in [1.29, 1.82) is 0 Å². The molecular formula is C22H25NO4. The Balaban J connectivity index is 1.84. The minimum atomic E-state index is -1.35. The molecule has 1 N–H and O–H groups in total. The summed E-state index contributed by atoms with van der Waals surface area (Å²) in [5, 5.41) is 9.50. The molecule has 0 saturated heterocycles. The molecule has 0 aliphatic heterocycles. The van der Waals surface area contributed by atoms with Crippen LogP contribution in [0.1, 0.15) is 44.7 Å². The minimum Gasteiger partial charge on any atom is -0.480 e. The van der Waals surface area contributed by atoms with Gasteiger partial charge in [0, 0.05) is 12.0 Å². The molecule has 2 aromatic carbocycles. The summed E-state index contributed by atoms with van der Waals surface area (Å²) in [5.74, 6) is -1.12. The maximum Gasteiger partial charge on any atom is 0.410 e. The van der Waals surface area contributed by atoms with Crippen molar-refractivity contribution in [2.24, 2.45) is 0 Å². The lowest BCUT2D eigenvalue weighted by atomic mass is 9.98. The highest BCUT2D eigenvalue weighted by Gasteiger charge is 2.41. The number of aliphatic carboxylic acids is 1. The number of benzene rings is 2. The Morgan fingerprint density at radius 2 is 1.52 bits per heavy atom. The lowest BCUT2D eigenvalue weighted by Crippen LogP contribution is -2.56. The largest absolute Gasteiger partial charge is 0.480 e. The van der Waals surface area contributed by atoms with Crippen molar-refractivity contribution >= 4 is 12.1 Å². The standard InChI is InChI=1S/C22H25NO4/c1-14(2)23(22(3,4)20(24)25)21(26)27-13-19-17-11-7-5-9-15(17)16-10-6-8-12-18(16)19/h5-12,14,19H,13H2,1-4H3,(H,24,25). The van der Waals surface area contributed by atoms with Gasteiger partial charge < -0.3 is 9.84 Å². The zero-order valence-electron chi connectivity index (χ0n) is 16.1. The van der Waals surface area contributed by atoms with Gasteiger partial charge in [0.25, 0.3) is 0 Å². The van der Waals surface area contributed by atoms with Crippen LogP contribution in [0.4, 0.5) is 4.79 Å². The Morgan fingerprint density at radius 3 is 1.96 bits per heavy atom. The summed E-state index contributed by atoms with van der Waals surface area (Å²) in [4.78, 5) is 25.6. The highest BCUT2D eigenvalue weighted by molar-refractivity contribution is 5.84. The molecule has 142 valence electrons. The van der Waals surface area contributed by atoms with E-state index in [1.54, 1.807) is 13.8 Å². The molecule has 0 saturated carbocycles. The Hall–Kier alpha value is -2.82. The van der Waals surface area contributed by atoms with Crippen molar-refractivity contribution in [2.45, 2.75) is 45.2 Å². The number of carboxylic acid groups (broad SMARTS) is 1. The van der Waals surface area contributed by atoms with Gasteiger partial charge in [-0.05, 0) is 49.9 Å². The molecule has 1 aliphatic rings. The Bertz CT molecular complexity index is 827. The fourth-order valence-corrected chi connectivity index (χ4v) is 3.85. The van der Waals surface area contributed by atoms with Crippen molar-refractivity contribution in [1.82, 2.24) is 4.90 Å². The number of nitrogens with zero attached hydrogens (tertiary/aromatic N) is 1. The number of ether oxygens (including phenoxy) is 1. The normalized spacial score (nSPS) is 13.2. The fourth-order valence-electron chi connectivity index (χ4n) is 3.85. The van der Waals surface area contributed by atoms with E-state index in [1.807, 2.05) is 24.3 Å². The molecule has 3 rings (SSSR count). The van der Waals surface area contributed by atoms with Crippen molar-refractivity contribution in [3.8, 4) is 11.1 Å². The molecule has 0 spiro atoms. The van der Waals surface area contributed by atoms with Crippen molar-refractivity contribution in [3.05, 3.63) is 59.7 Å². The quantitative estimate of drug-likeness (QED) is 0.844. The van der Waals surface area contributed by atoms with E-state index in [2.05, 4.69) is 24.3 Å². The van der Waals surface area contributed by atoms with Crippen LogP contribution in [-0.2, 0) is 9.53 Å². The molecule has 0 unspecified atom stereocenters. The van der Waals surface area contributed by atoms with Gasteiger partial charge in [-0.15, -0.1) is 0 Å². The summed E-state index contributed by atoms with van der Waals surface area (Å²) in [7, 11) is 0. The van der Waals surface area contributed by atoms with Crippen LogP contribution < -0.4 is 0 Å². The zero-order valence-corrected chi connectivity index (χ0v) is 16.1. The maximum atomic E-state index is 12.8. The molecule has 5 heteroatoms. The SMILES string of the molecule is CC(C)N(C(=O)OCC1c2ccccc2-c2ccccc21)C(C)(C)C(=O)O. The molecule has 27 heavy (non-hydrogen) atoms. The zero-order chi connectivity index (χ0) is 19.8. The van der Waals surface area contributed by atoms with Gasteiger partial charge in [0.15, 0.2) is 0 Å². The van der Waals surface area contributed by atoms with E-state index in [4.69, 9.17) is 4.74 Å². The van der Waals surface area contributed by atoms with Crippen LogP contribution in [0.15, 0.2) is 48.5 Å². The second-order valence-corrected chi connectivity index (χ2v) is 7.63. The van der Waals surface area contributed by atoms with Gasteiger partial charge >= 0.3 is 12.1 Å². The van der Waals surface area contributed by atoms with Gasteiger partial charge in [-0.3, -0.25) is 4.90 Å². The second kappa shape index (κ2) is 7.06. The smallest absolute Gasteiger partial charge is 0.410 e. The predicted octanol–water partition coefficient (Wildman–Crippen LogP) is 4.51. The summed E-state index contributed by atoms with van der Waals surface area (Å²) in [6.07, 6.45) is -0.612. The highest BCUT2D eigenvalue weighted by atomic mass is 16.6. The van der Waals surface area contributed by atoms with Crippen LogP contribution in [-0.4, -0.2) is 40.3 Å². The van der Waals surface area contributed by atoms with E-state index in [0.717, 1.165) is 22.3 Å². The lowest BCUT2D eigenvalue weighted by Gasteiger charge is -2.37. The lowest BCUT2D eigenvalue weighted by molar-refractivity contribution is -0.149. The van der Waals surface area contributed by atoms with Gasteiger partial charge in [0.1, 0.15) is 12.1 Å². The molecule has 0 atom stereocenters. The first kappa shape index (κ1) is 19.0. The van der Waals surface area contributed by atoms with E-state index in [-0.39, 0.29) is 18.6 Å². The van der Waals surface area contributed by atoms with Gasteiger partial charge in [0.05, 0.1) is 0 Å². The first-order valence-corrected chi connectivity index (χ1v) is 9.13. The molecule has 1 aliphatic carbocycles. The fraction of sp³-hybridized carbons (Fsp3) is 0.364. The van der Waals surface area contributed by atoms with E-state index in [0.29, 0.717) is 0 Å². The number of rotatable bonds is 5. The summed E-state index contributed by atoms with van der Waals surface area (Å²) in [6.45, 7) is 6.76. The van der Waals surface area contributed by atoms with Crippen LogP contribution in [0, 0.1) is 0 Å². The molecule has 0 heterocycles. The molecule has 0 radical (unpaired) electrons. The van der Waals surface area contributed by atoms with Gasteiger partial charge in [-0.2, -0.15) is 0 Å².